The topological polar surface area (TPSA) is 121 Å². The molecule has 0 bridgehead atoms. The van der Waals surface area contributed by atoms with Gasteiger partial charge in [0.2, 0.25) is 5.69 Å². The predicted molar refractivity (Wildman–Crippen MR) is 158 cm³/mol. The Labute approximate surface area is 243 Å². The molecule has 4 rings (SSSR count). The van der Waals surface area contributed by atoms with Crippen LogP contribution in [0.4, 0.5) is 11.4 Å². The second-order valence-electron chi connectivity index (χ2n) is 11.4. The fourth-order valence-corrected chi connectivity index (χ4v) is 6.92. The molecule has 2 aliphatic heterocycles. The van der Waals surface area contributed by atoms with Crippen LogP contribution in [0.5, 0.6) is 0 Å². The molecule has 0 N–H and O–H groups in total. The van der Waals surface area contributed by atoms with E-state index in [2.05, 4.69) is 15.4 Å². The number of hydrogen-bond donors (Lipinski definition) is 0. The van der Waals surface area contributed by atoms with Crippen molar-refractivity contribution in [2.75, 3.05) is 18.0 Å². The van der Waals surface area contributed by atoms with E-state index in [0.717, 1.165) is 46.8 Å². The van der Waals surface area contributed by atoms with Crippen LogP contribution in [0, 0.1) is 12.3 Å². The number of likely N-dealkylation sites (N-methyl/N-ethyl adjacent to an activating group) is 1. The summed E-state index contributed by atoms with van der Waals surface area (Å²) in [5, 5.41) is 0. The molecule has 41 heavy (non-hydrogen) atoms. The van der Waals surface area contributed by atoms with Crippen molar-refractivity contribution in [1.29, 1.82) is 0 Å². The molecular weight excluding hydrogens is 560 g/mol. The van der Waals surface area contributed by atoms with Gasteiger partial charge >= 0.3 is 0 Å². The summed E-state index contributed by atoms with van der Waals surface area (Å²) in [7, 11) is -9.21. The number of unbranched alkanes of at least 4 members (excludes halogenated alkanes) is 2. The van der Waals surface area contributed by atoms with E-state index in [-0.39, 0.29) is 9.79 Å². The van der Waals surface area contributed by atoms with E-state index in [0.29, 0.717) is 19.5 Å². The Balaban J connectivity index is 1.78. The van der Waals surface area contributed by atoms with Gasteiger partial charge in [0.1, 0.15) is 26.8 Å². The summed E-state index contributed by atoms with van der Waals surface area (Å²) in [6.07, 6.45) is 13.7. The number of hydrogen-bond acceptors (Lipinski definition) is 7. The maximum atomic E-state index is 11.8. The van der Waals surface area contributed by atoms with Crippen LogP contribution < -0.4 is 4.90 Å². The first-order valence-corrected chi connectivity index (χ1v) is 16.3. The summed E-state index contributed by atoms with van der Waals surface area (Å²) in [5.41, 5.74) is 3.96. The lowest BCUT2D eigenvalue weighted by Gasteiger charge is -2.25. The third-order valence-electron chi connectivity index (χ3n) is 8.08. The Morgan fingerprint density at radius 3 is 2.12 bits per heavy atom. The molecule has 8 nitrogen and oxygen atoms in total. The average molecular weight is 596 g/mol. The van der Waals surface area contributed by atoms with Gasteiger partial charge in [0, 0.05) is 53.9 Å². The number of anilines is 1. The van der Waals surface area contributed by atoms with Crippen molar-refractivity contribution in [3.05, 3.63) is 71.5 Å². The van der Waals surface area contributed by atoms with Crippen molar-refractivity contribution in [3.63, 3.8) is 0 Å². The first-order valence-electron chi connectivity index (χ1n) is 13.5. The molecule has 2 aliphatic rings. The Morgan fingerprint density at radius 2 is 1.54 bits per heavy atom. The molecule has 2 heterocycles. The summed E-state index contributed by atoms with van der Waals surface area (Å²) >= 11 is 0. The monoisotopic (exact) mass is 595 g/mol. The lowest BCUT2D eigenvalue weighted by atomic mass is 9.81. The van der Waals surface area contributed by atoms with Gasteiger partial charge in [-0.25, -0.2) is 16.8 Å². The normalized spacial score (nSPS) is 18.7. The zero-order chi connectivity index (χ0) is 30.4. The number of benzene rings is 2. The fourth-order valence-electron chi connectivity index (χ4n) is 5.93. The SMILES string of the molecule is C#CCCCC[N+]1=C(/C=C/C=C2/N(CC)c3ccc(S(=O)(=O)[O-])cc3C2(C)C)C(C)(C)c2cc(S(=O)(=O)[O-])ccc21. The fraction of sp³-hybridized carbons (Fsp3) is 0.387. The maximum absolute atomic E-state index is 11.8. The highest BCUT2D eigenvalue weighted by molar-refractivity contribution is 7.86. The number of nitrogens with zero attached hydrogens (tertiary/aromatic N) is 2. The molecule has 0 atom stereocenters. The van der Waals surface area contributed by atoms with Crippen LogP contribution in [-0.2, 0) is 31.1 Å². The lowest BCUT2D eigenvalue weighted by Crippen LogP contribution is -2.28. The minimum Gasteiger partial charge on any atom is -0.744 e. The molecular formula is C31H35N2O6S2-. The van der Waals surface area contributed by atoms with E-state index in [4.69, 9.17) is 6.42 Å². The number of fused-ring (bicyclic) bond motifs is 2. The van der Waals surface area contributed by atoms with Crippen LogP contribution in [0.15, 0.2) is 70.1 Å². The van der Waals surface area contributed by atoms with Gasteiger partial charge in [0.15, 0.2) is 5.71 Å². The van der Waals surface area contributed by atoms with Crippen LogP contribution in [0.1, 0.15) is 65.0 Å². The zero-order valence-corrected chi connectivity index (χ0v) is 25.6. The smallest absolute Gasteiger partial charge is 0.209 e. The van der Waals surface area contributed by atoms with Crippen LogP contribution >= 0.6 is 0 Å². The standard InChI is InChI=1S/C31H36N2O6S2/c1-7-9-10-11-19-33-27-18-16-23(41(37,38)39)21-25(27)31(5,6)29(33)14-12-13-28-30(3,4)24-20-22(40(34,35)36)15-17-26(24)32(28)8-2/h1,12-18,20-21H,8-11,19H2,2-6H3,(H-,34,35,36,37,38,39)/p-1. The summed E-state index contributed by atoms with van der Waals surface area (Å²) in [6, 6.07) is 9.02. The third kappa shape index (κ3) is 5.64. The van der Waals surface area contributed by atoms with Crippen molar-refractivity contribution in [2.45, 2.75) is 74.5 Å². The van der Waals surface area contributed by atoms with E-state index < -0.39 is 31.1 Å². The second kappa shape index (κ2) is 10.9. The van der Waals surface area contributed by atoms with Crippen molar-refractivity contribution >= 4 is 37.3 Å². The summed E-state index contributed by atoms with van der Waals surface area (Å²) in [4.78, 5) is 1.59. The summed E-state index contributed by atoms with van der Waals surface area (Å²) < 4.78 is 72.6. The first kappa shape index (κ1) is 30.7. The molecule has 0 amide bonds. The number of terminal acetylenes is 1. The molecule has 0 spiro atoms. The van der Waals surface area contributed by atoms with Crippen LogP contribution in [0.3, 0.4) is 0 Å². The Kier molecular flexibility index (Phi) is 8.15. The first-order chi connectivity index (χ1) is 19.0. The summed E-state index contributed by atoms with van der Waals surface area (Å²) in [5.74, 6) is 2.66. The molecule has 0 saturated heterocycles. The van der Waals surface area contributed by atoms with Gasteiger partial charge < -0.3 is 14.0 Å². The molecule has 0 aliphatic carbocycles. The van der Waals surface area contributed by atoms with Gasteiger partial charge in [-0.3, -0.25) is 0 Å². The molecule has 0 aromatic heterocycles. The molecule has 2 aromatic rings. The van der Waals surface area contributed by atoms with Gasteiger partial charge in [0.05, 0.1) is 15.2 Å². The van der Waals surface area contributed by atoms with Crippen LogP contribution in [0.2, 0.25) is 0 Å². The van der Waals surface area contributed by atoms with E-state index in [1.807, 2.05) is 52.8 Å². The molecule has 0 fully saturated rings. The van der Waals surface area contributed by atoms with Crippen molar-refractivity contribution in [1.82, 2.24) is 0 Å². The lowest BCUT2D eigenvalue weighted by molar-refractivity contribution is -0.438. The average Bonchev–Trinajstić information content (AvgIpc) is 3.23. The minimum absolute atomic E-state index is 0.252. The van der Waals surface area contributed by atoms with Gasteiger partial charge in [-0.1, -0.05) is 19.9 Å². The maximum Gasteiger partial charge on any atom is 0.209 e. The van der Waals surface area contributed by atoms with Gasteiger partial charge in [-0.2, -0.15) is 4.58 Å². The molecule has 0 unspecified atom stereocenters. The van der Waals surface area contributed by atoms with Gasteiger partial charge in [-0.05, 0) is 69.2 Å². The Morgan fingerprint density at radius 1 is 0.927 bits per heavy atom. The molecule has 0 radical (unpaired) electrons. The van der Waals surface area contributed by atoms with Crippen molar-refractivity contribution < 1.29 is 30.5 Å². The van der Waals surface area contributed by atoms with Crippen molar-refractivity contribution in [2.24, 2.45) is 0 Å². The number of allylic oxidation sites excluding steroid dienone is 4. The van der Waals surface area contributed by atoms with E-state index in [1.54, 1.807) is 12.1 Å². The third-order valence-corrected chi connectivity index (χ3v) is 9.74. The molecule has 218 valence electrons. The minimum atomic E-state index is -4.61. The van der Waals surface area contributed by atoms with Crippen LogP contribution in [0.25, 0.3) is 0 Å². The quantitative estimate of drug-likeness (QED) is 0.174. The predicted octanol–water partition coefficient (Wildman–Crippen LogP) is 4.93. The Bertz CT molecular complexity index is 1740. The van der Waals surface area contributed by atoms with E-state index in [9.17, 15) is 25.9 Å². The van der Waals surface area contributed by atoms with Crippen molar-refractivity contribution in [3.8, 4) is 12.3 Å². The molecule has 10 heteroatoms. The number of rotatable bonds is 9. The zero-order valence-electron chi connectivity index (χ0n) is 24.0. The van der Waals surface area contributed by atoms with E-state index >= 15 is 0 Å². The van der Waals surface area contributed by atoms with Crippen LogP contribution in [-0.4, -0.2) is 49.3 Å². The van der Waals surface area contributed by atoms with Gasteiger partial charge in [-0.15, -0.1) is 12.3 Å². The summed E-state index contributed by atoms with van der Waals surface area (Å²) in [6.45, 7) is 11.3. The highest BCUT2D eigenvalue weighted by atomic mass is 32.2. The van der Waals surface area contributed by atoms with Gasteiger partial charge in [0.25, 0.3) is 0 Å². The largest absolute Gasteiger partial charge is 0.744 e. The molecule has 2 aromatic carbocycles. The highest BCUT2D eigenvalue weighted by Gasteiger charge is 2.45. The highest BCUT2D eigenvalue weighted by Crippen LogP contribution is 2.48. The molecule has 0 saturated carbocycles. The van der Waals surface area contributed by atoms with E-state index in [1.165, 1.54) is 24.3 Å². The second-order valence-corrected chi connectivity index (χ2v) is 14.1. The Hall–Kier alpha value is -3.23.